The van der Waals surface area contributed by atoms with E-state index in [0.29, 0.717) is 10.7 Å². The Kier molecular flexibility index (Phi) is 5.43. The van der Waals surface area contributed by atoms with E-state index in [2.05, 4.69) is 9.97 Å². The average Bonchev–Trinajstić information content (AvgIpc) is 3.11. The maximum atomic E-state index is 14.3. The number of hydrogen-bond acceptors (Lipinski definition) is 6. The van der Waals surface area contributed by atoms with Crippen LogP contribution in [0.3, 0.4) is 0 Å². The van der Waals surface area contributed by atoms with Gasteiger partial charge in [-0.1, -0.05) is 0 Å². The van der Waals surface area contributed by atoms with Crippen LogP contribution in [0.2, 0.25) is 0 Å². The molecular weight excluding hydrogens is 376 g/mol. The Morgan fingerprint density at radius 3 is 2.74 bits per heavy atom. The minimum atomic E-state index is -1.25. The number of thiazole rings is 1. The van der Waals surface area contributed by atoms with Gasteiger partial charge >= 0.3 is 0 Å². The number of nitrogens with zero attached hydrogens (tertiary/aromatic N) is 2. The number of aromatic nitrogens is 2. The molecule has 0 aliphatic heterocycles. The van der Waals surface area contributed by atoms with Gasteiger partial charge < -0.3 is 15.6 Å². The normalized spacial score (nSPS) is 12.0. The number of aliphatic hydroxyl groups is 1. The summed E-state index contributed by atoms with van der Waals surface area (Å²) in [6, 6.07) is 5.60. The van der Waals surface area contributed by atoms with Crippen molar-refractivity contribution >= 4 is 17.2 Å². The van der Waals surface area contributed by atoms with E-state index in [1.807, 2.05) is 19.1 Å². The first-order chi connectivity index (χ1) is 12.9. The predicted molar refractivity (Wildman–Crippen MR) is 95.4 cm³/mol. The zero-order chi connectivity index (χ0) is 19.6. The van der Waals surface area contributed by atoms with Crippen molar-refractivity contribution in [3.05, 3.63) is 63.7 Å². The average molecular weight is 391 g/mol. The van der Waals surface area contributed by atoms with E-state index in [-0.39, 0.29) is 0 Å². The number of ether oxygens (including phenoxy) is 1. The van der Waals surface area contributed by atoms with Crippen LogP contribution in [-0.2, 0) is 0 Å². The minimum Gasteiger partial charge on any atom is -0.478 e. The van der Waals surface area contributed by atoms with E-state index in [9.17, 15) is 18.7 Å². The highest BCUT2D eigenvalue weighted by atomic mass is 32.1. The first-order valence-corrected chi connectivity index (χ1v) is 8.72. The Hall–Kier alpha value is -2.91. The monoisotopic (exact) mass is 391 g/mol. The summed E-state index contributed by atoms with van der Waals surface area (Å²) in [4.78, 5) is 19.8. The van der Waals surface area contributed by atoms with Crippen LogP contribution in [0.1, 0.15) is 27.2 Å². The van der Waals surface area contributed by atoms with E-state index in [1.165, 1.54) is 11.3 Å². The Balaban J connectivity index is 1.88. The van der Waals surface area contributed by atoms with Crippen LogP contribution in [-0.4, -0.2) is 27.6 Å². The van der Waals surface area contributed by atoms with E-state index < -0.39 is 41.6 Å². The zero-order valence-corrected chi connectivity index (χ0v) is 15.0. The molecule has 1 aromatic carbocycles. The molecule has 3 N–H and O–H groups in total. The molecule has 2 aromatic heterocycles. The molecule has 0 aliphatic rings. The third kappa shape index (κ3) is 3.93. The molecule has 6 nitrogen and oxygen atoms in total. The number of hydrogen-bond donors (Lipinski definition) is 2. The molecule has 0 saturated carbocycles. The van der Waals surface area contributed by atoms with E-state index in [0.717, 1.165) is 23.4 Å². The summed E-state index contributed by atoms with van der Waals surface area (Å²) in [5, 5.41) is 11.8. The van der Waals surface area contributed by atoms with Crippen molar-refractivity contribution in [2.75, 3.05) is 6.61 Å². The number of rotatable bonds is 6. The fourth-order valence-corrected chi connectivity index (χ4v) is 3.20. The highest BCUT2D eigenvalue weighted by Crippen LogP contribution is 2.31. The van der Waals surface area contributed by atoms with Crippen LogP contribution in [0.25, 0.3) is 11.3 Å². The first kappa shape index (κ1) is 18.9. The molecule has 0 aliphatic carbocycles. The third-order valence-electron chi connectivity index (χ3n) is 3.74. The number of primary amides is 1. The second kappa shape index (κ2) is 7.77. The molecule has 2 heterocycles. The summed E-state index contributed by atoms with van der Waals surface area (Å²) in [7, 11) is 0. The van der Waals surface area contributed by atoms with Crippen molar-refractivity contribution in [3.8, 4) is 17.0 Å². The maximum Gasteiger partial charge on any atom is 0.254 e. The quantitative estimate of drug-likeness (QED) is 0.673. The lowest BCUT2D eigenvalue weighted by Gasteiger charge is -2.16. The summed E-state index contributed by atoms with van der Waals surface area (Å²) in [6.45, 7) is 1.37. The smallest absolute Gasteiger partial charge is 0.254 e. The van der Waals surface area contributed by atoms with Gasteiger partial charge in [-0.05, 0) is 31.2 Å². The molecule has 0 saturated heterocycles. The number of pyridine rings is 1. The van der Waals surface area contributed by atoms with Crippen molar-refractivity contribution in [1.29, 1.82) is 0 Å². The lowest BCUT2D eigenvalue weighted by molar-refractivity contribution is 0.0982. The second-order valence-electron chi connectivity index (χ2n) is 5.65. The van der Waals surface area contributed by atoms with E-state index in [1.54, 1.807) is 11.6 Å². The van der Waals surface area contributed by atoms with E-state index >= 15 is 0 Å². The van der Waals surface area contributed by atoms with Gasteiger partial charge in [0.05, 0.1) is 12.3 Å². The number of aliphatic hydroxyl groups excluding tert-OH is 1. The van der Waals surface area contributed by atoms with Crippen LogP contribution in [0.4, 0.5) is 8.78 Å². The molecule has 3 aromatic rings. The van der Waals surface area contributed by atoms with Crippen molar-refractivity contribution in [3.63, 3.8) is 0 Å². The van der Waals surface area contributed by atoms with Crippen molar-refractivity contribution in [2.24, 2.45) is 5.73 Å². The van der Waals surface area contributed by atoms with Crippen LogP contribution in [0.5, 0.6) is 5.75 Å². The molecule has 0 bridgehead atoms. The lowest BCUT2D eigenvalue weighted by atomic mass is 10.1. The van der Waals surface area contributed by atoms with Gasteiger partial charge in [0.25, 0.3) is 5.91 Å². The minimum absolute atomic E-state index is 0.387. The summed E-state index contributed by atoms with van der Waals surface area (Å²) < 4.78 is 33.3. The van der Waals surface area contributed by atoms with Crippen LogP contribution in [0.15, 0.2) is 35.8 Å². The van der Waals surface area contributed by atoms with Gasteiger partial charge in [0.1, 0.15) is 16.4 Å². The Bertz CT molecular complexity index is 976. The molecule has 0 radical (unpaired) electrons. The van der Waals surface area contributed by atoms with Gasteiger partial charge in [-0.25, -0.2) is 13.8 Å². The summed E-state index contributed by atoms with van der Waals surface area (Å²) in [6.07, 6.45) is 0.671. The van der Waals surface area contributed by atoms with Gasteiger partial charge in [-0.15, -0.1) is 11.3 Å². The number of amides is 1. The number of nitrogens with two attached hydrogens (primary N) is 1. The molecule has 3 rings (SSSR count). The fraction of sp³-hybridized carbons (Fsp3) is 0.167. The van der Waals surface area contributed by atoms with Crippen molar-refractivity contribution in [1.82, 2.24) is 9.97 Å². The van der Waals surface area contributed by atoms with Gasteiger partial charge in [0, 0.05) is 22.8 Å². The van der Waals surface area contributed by atoms with Crippen LogP contribution < -0.4 is 10.5 Å². The molecule has 1 atom stereocenters. The molecular formula is C18H15F2N3O3S. The largest absolute Gasteiger partial charge is 0.478 e. The number of carbonyl (C=O) groups is 1. The number of benzene rings is 1. The molecule has 27 heavy (non-hydrogen) atoms. The Morgan fingerprint density at radius 1 is 1.33 bits per heavy atom. The SMILES string of the molecule is Cc1ccc(-c2csc(C(CO)Oc3ccc(F)c(C(N)=O)c3F)n2)cn1. The van der Waals surface area contributed by atoms with E-state index in [4.69, 9.17) is 10.5 Å². The molecule has 0 fully saturated rings. The van der Waals surface area contributed by atoms with Gasteiger partial charge in [-0.2, -0.15) is 0 Å². The number of halogens is 2. The Labute approximate surface area is 157 Å². The van der Waals surface area contributed by atoms with Crippen molar-refractivity contribution < 1.29 is 23.4 Å². The molecule has 9 heteroatoms. The molecule has 1 amide bonds. The molecule has 1 unspecified atom stereocenters. The first-order valence-electron chi connectivity index (χ1n) is 7.84. The predicted octanol–water partition coefficient (Wildman–Crippen LogP) is 3.00. The van der Waals surface area contributed by atoms with Gasteiger partial charge in [-0.3, -0.25) is 9.78 Å². The zero-order valence-electron chi connectivity index (χ0n) is 14.1. The number of aryl methyl sites for hydroxylation is 1. The van der Waals surface area contributed by atoms with Gasteiger partial charge in [0.15, 0.2) is 17.7 Å². The highest BCUT2D eigenvalue weighted by molar-refractivity contribution is 7.10. The highest BCUT2D eigenvalue weighted by Gasteiger charge is 2.23. The summed E-state index contributed by atoms with van der Waals surface area (Å²) >= 11 is 1.21. The topological polar surface area (TPSA) is 98.3 Å². The van der Waals surface area contributed by atoms with Crippen LogP contribution >= 0.6 is 11.3 Å². The second-order valence-corrected chi connectivity index (χ2v) is 6.54. The third-order valence-corrected chi connectivity index (χ3v) is 4.68. The summed E-state index contributed by atoms with van der Waals surface area (Å²) in [5.41, 5.74) is 6.38. The lowest BCUT2D eigenvalue weighted by Crippen LogP contribution is -2.18. The maximum absolute atomic E-state index is 14.3. The molecule has 0 spiro atoms. The number of carbonyl (C=O) groups excluding carboxylic acids is 1. The summed E-state index contributed by atoms with van der Waals surface area (Å²) in [5.74, 6) is -3.96. The Morgan fingerprint density at radius 2 is 2.11 bits per heavy atom. The van der Waals surface area contributed by atoms with Crippen LogP contribution in [0, 0.1) is 18.6 Å². The fourth-order valence-electron chi connectivity index (χ4n) is 2.36. The van der Waals surface area contributed by atoms with Crippen molar-refractivity contribution in [2.45, 2.75) is 13.0 Å². The van der Waals surface area contributed by atoms with Gasteiger partial charge in [0.2, 0.25) is 0 Å². The molecule has 140 valence electrons. The standard InChI is InChI=1S/C18H15F2N3O3S/c1-9-2-3-10(6-22-9)12-8-27-18(23-12)14(7-24)26-13-5-4-11(19)15(16(13)20)17(21)25/h2-6,8,14,24H,7H2,1H3,(H2,21,25).